The van der Waals surface area contributed by atoms with Crippen molar-refractivity contribution in [2.24, 2.45) is 0 Å². The Kier molecular flexibility index (Phi) is 7.87. The lowest BCUT2D eigenvalue weighted by Gasteiger charge is -2.29. The zero-order valence-electron chi connectivity index (χ0n) is 18.5. The van der Waals surface area contributed by atoms with Gasteiger partial charge in [0.05, 0.1) is 19.1 Å². The minimum atomic E-state index is -3.41. The quantitative estimate of drug-likeness (QED) is 0.299. The largest absolute Gasteiger partial charge is 0.493 e. The maximum absolute atomic E-state index is 12.5. The van der Waals surface area contributed by atoms with Gasteiger partial charge < -0.3 is 14.2 Å². The number of rotatable bonds is 9. The number of ketones is 1. The third-order valence-corrected chi connectivity index (χ3v) is 6.22. The third-order valence-electron chi connectivity index (χ3n) is 5.04. The van der Waals surface area contributed by atoms with Crippen molar-refractivity contribution < 1.29 is 41.0 Å². The van der Waals surface area contributed by atoms with E-state index in [2.05, 4.69) is 4.74 Å². The molecule has 0 saturated heterocycles. The van der Waals surface area contributed by atoms with Gasteiger partial charge in [0.1, 0.15) is 0 Å². The molecule has 0 saturated carbocycles. The molecule has 0 bridgehead atoms. The highest BCUT2D eigenvalue weighted by molar-refractivity contribution is 7.92. The molecule has 0 aliphatic carbocycles. The predicted octanol–water partition coefficient (Wildman–Crippen LogP) is 3.45. The van der Waals surface area contributed by atoms with Gasteiger partial charge in [0.2, 0.25) is 10.0 Å². The second-order valence-corrected chi connectivity index (χ2v) is 9.34. The first-order valence-corrected chi connectivity index (χ1v) is 12.0. The average Bonchev–Trinajstić information content (AvgIpc) is 2.80. The summed E-state index contributed by atoms with van der Waals surface area (Å²) in [6.07, 6.45) is 4.87. The first kappa shape index (κ1) is 25.2. The Morgan fingerprint density at radius 3 is 2.59 bits per heavy atom. The number of anilines is 1. The number of Topliss-reactive ketones (excluding diaryl/α,β-unsaturated/α-hetero) is 1. The zero-order valence-corrected chi connectivity index (χ0v) is 19.3. The van der Waals surface area contributed by atoms with Crippen LogP contribution in [0.4, 0.5) is 14.5 Å². The second-order valence-electron chi connectivity index (χ2n) is 7.44. The van der Waals surface area contributed by atoms with Crippen LogP contribution in [-0.2, 0) is 26.0 Å². The van der Waals surface area contributed by atoms with E-state index >= 15 is 0 Å². The Morgan fingerprint density at radius 1 is 1.15 bits per heavy atom. The molecule has 11 heteroatoms. The number of esters is 1. The van der Waals surface area contributed by atoms with Crippen LogP contribution in [0, 0.1) is 0 Å². The summed E-state index contributed by atoms with van der Waals surface area (Å²) in [5.74, 6) is -1.29. The van der Waals surface area contributed by atoms with Crippen LogP contribution < -0.4 is 13.8 Å². The normalized spacial score (nSPS) is 13.6. The summed E-state index contributed by atoms with van der Waals surface area (Å²) < 4.78 is 64.4. The van der Waals surface area contributed by atoms with Crippen LogP contribution in [0.1, 0.15) is 27.9 Å². The fourth-order valence-electron chi connectivity index (χ4n) is 3.49. The highest BCUT2D eigenvalue weighted by Gasteiger charge is 2.24. The number of carbonyl (C=O) groups excluding carboxylic acids is 2. The van der Waals surface area contributed by atoms with Crippen LogP contribution in [-0.4, -0.2) is 53.3 Å². The molecular formula is C23H23F2NO7S. The number of aryl methyl sites for hydroxylation is 1. The molecule has 0 fully saturated rings. The summed E-state index contributed by atoms with van der Waals surface area (Å²) in [4.78, 5) is 24.5. The smallest absolute Gasteiger partial charge is 0.387 e. The number of nitrogens with zero attached hydrogens (tertiary/aromatic N) is 1. The SMILES string of the molecule is COc1cc(/C=C/C(=O)OCC(=O)c2ccc3c(c2)CCCN3S(C)(=O)=O)ccc1OC(F)F. The summed E-state index contributed by atoms with van der Waals surface area (Å²) in [5, 5.41) is 0. The summed E-state index contributed by atoms with van der Waals surface area (Å²) in [7, 11) is -2.12. The molecule has 0 atom stereocenters. The maximum Gasteiger partial charge on any atom is 0.387 e. The standard InChI is InChI=1S/C23H23F2NO7S/c1-31-21-12-15(5-9-20(21)33-23(24)25)6-10-22(28)32-14-19(27)17-7-8-18-16(13-17)4-3-11-26(18)34(2,29)30/h5-10,12-13,23H,3-4,11,14H2,1-2H3/b10-6+. The van der Waals surface area contributed by atoms with Crippen molar-refractivity contribution in [1.29, 1.82) is 0 Å². The monoisotopic (exact) mass is 495 g/mol. The molecule has 0 aromatic heterocycles. The van der Waals surface area contributed by atoms with Crippen molar-refractivity contribution in [3.63, 3.8) is 0 Å². The fourth-order valence-corrected chi connectivity index (χ4v) is 4.49. The van der Waals surface area contributed by atoms with E-state index in [9.17, 15) is 26.8 Å². The molecular weight excluding hydrogens is 472 g/mol. The minimum absolute atomic E-state index is 0.0628. The van der Waals surface area contributed by atoms with E-state index < -0.39 is 35.0 Å². The van der Waals surface area contributed by atoms with Gasteiger partial charge in [-0.15, -0.1) is 0 Å². The van der Waals surface area contributed by atoms with E-state index in [-0.39, 0.29) is 11.5 Å². The summed E-state index contributed by atoms with van der Waals surface area (Å²) in [6.45, 7) is -3.12. The maximum atomic E-state index is 12.5. The topological polar surface area (TPSA) is 99.2 Å². The molecule has 2 aromatic rings. The average molecular weight is 496 g/mol. The van der Waals surface area contributed by atoms with Crippen LogP contribution in [0.2, 0.25) is 0 Å². The lowest BCUT2D eigenvalue weighted by atomic mass is 9.99. The highest BCUT2D eigenvalue weighted by Crippen LogP contribution is 2.31. The van der Waals surface area contributed by atoms with E-state index in [4.69, 9.17) is 9.47 Å². The van der Waals surface area contributed by atoms with E-state index in [0.29, 0.717) is 36.2 Å². The Bertz CT molecular complexity index is 1210. The Balaban J connectivity index is 1.61. The molecule has 0 amide bonds. The molecule has 0 unspecified atom stereocenters. The van der Waals surface area contributed by atoms with Crippen molar-refractivity contribution in [3.05, 3.63) is 59.2 Å². The Morgan fingerprint density at radius 2 is 1.91 bits per heavy atom. The molecule has 3 rings (SSSR count). The van der Waals surface area contributed by atoms with Gasteiger partial charge in [0.25, 0.3) is 0 Å². The van der Waals surface area contributed by atoms with Crippen LogP contribution in [0.5, 0.6) is 11.5 Å². The van der Waals surface area contributed by atoms with Gasteiger partial charge in [0.15, 0.2) is 23.9 Å². The van der Waals surface area contributed by atoms with Gasteiger partial charge in [-0.1, -0.05) is 6.07 Å². The number of alkyl halides is 2. The predicted molar refractivity (Wildman–Crippen MR) is 121 cm³/mol. The van der Waals surface area contributed by atoms with Gasteiger partial charge in [-0.2, -0.15) is 8.78 Å². The van der Waals surface area contributed by atoms with Crippen molar-refractivity contribution in [1.82, 2.24) is 0 Å². The lowest BCUT2D eigenvalue weighted by Crippen LogP contribution is -2.34. The summed E-state index contributed by atoms with van der Waals surface area (Å²) in [6, 6.07) is 8.83. The lowest BCUT2D eigenvalue weighted by molar-refractivity contribution is -0.136. The molecule has 0 N–H and O–H groups in total. The molecule has 34 heavy (non-hydrogen) atoms. The van der Waals surface area contributed by atoms with Gasteiger partial charge in [0, 0.05) is 18.2 Å². The van der Waals surface area contributed by atoms with Crippen LogP contribution in [0.3, 0.4) is 0 Å². The van der Waals surface area contributed by atoms with E-state index in [1.165, 1.54) is 41.8 Å². The van der Waals surface area contributed by atoms with E-state index in [1.807, 2.05) is 0 Å². The van der Waals surface area contributed by atoms with Crippen molar-refractivity contribution in [2.45, 2.75) is 19.5 Å². The van der Waals surface area contributed by atoms with Gasteiger partial charge >= 0.3 is 12.6 Å². The van der Waals surface area contributed by atoms with Crippen molar-refractivity contribution >= 4 is 33.5 Å². The zero-order chi connectivity index (χ0) is 24.9. The second kappa shape index (κ2) is 10.6. The number of ether oxygens (including phenoxy) is 3. The van der Waals surface area contributed by atoms with Crippen molar-refractivity contribution in [3.8, 4) is 11.5 Å². The Labute approximate surface area is 195 Å². The van der Waals surface area contributed by atoms with Crippen molar-refractivity contribution in [2.75, 3.05) is 30.8 Å². The van der Waals surface area contributed by atoms with E-state index in [1.54, 1.807) is 12.1 Å². The highest BCUT2D eigenvalue weighted by atomic mass is 32.2. The van der Waals surface area contributed by atoms with Crippen LogP contribution in [0.15, 0.2) is 42.5 Å². The molecule has 0 radical (unpaired) electrons. The first-order chi connectivity index (χ1) is 16.1. The third kappa shape index (κ3) is 6.31. The fraction of sp³-hybridized carbons (Fsp3) is 0.304. The number of halogens is 2. The molecule has 1 heterocycles. The molecule has 1 aliphatic heterocycles. The van der Waals surface area contributed by atoms with Gasteiger partial charge in [-0.3, -0.25) is 9.10 Å². The number of methoxy groups -OCH3 is 1. The van der Waals surface area contributed by atoms with Gasteiger partial charge in [-0.05, 0) is 60.4 Å². The summed E-state index contributed by atoms with van der Waals surface area (Å²) >= 11 is 0. The molecule has 0 spiro atoms. The molecule has 1 aliphatic rings. The summed E-state index contributed by atoms with van der Waals surface area (Å²) in [5.41, 5.74) is 2.06. The first-order valence-electron chi connectivity index (χ1n) is 10.2. The van der Waals surface area contributed by atoms with Gasteiger partial charge in [-0.25, -0.2) is 13.2 Å². The number of hydrogen-bond donors (Lipinski definition) is 0. The number of benzene rings is 2. The molecule has 2 aromatic carbocycles. The number of fused-ring (bicyclic) bond motifs is 1. The van der Waals surface area contributed by atoms with E-state index in [0.717, 1.165) is 17.9 Å². The molecule has 8 nitrogen and oxygen atoms in total. The minimum Gasteiger partial charge on any atom is -0.493 e. The number of sulfonamides is 1. The van der Waals surface area contributed by atoms with Crippen LogP contribution >= 0.6 is 0 Å². The Hall–Kier alpha value is -3.47. The number of carbonyl (C=O) groups is 2. The molecule has 182 valence electrons. The number of hydrogen-bond acceptors (Lipinski definition) is 7. The van der Waals surface area contributed by atoms with Crippen LogP contribution in [0.25, 0.3) is 6.08 Å².